The number of furan rings is 1. The van der Waals surface area contributed by atoms with E-state index in [1.54, 1.807) is 19.1 Å². The molecule has 0 bridgehead atoms. The SMILES string of the molecule is Cc1cc(NS(=O)(=O)c2ccc(NC(=O)C=Cc3ccco3)cc2)no1. The first-order valence-corrected chi connectivity index (χ1v) is 8.99. The fraction of sp³-hybridized carbons (Fsp3) is 0.0588. The fourth-order valence-electron chi connectivity index (χ4n) is 2.06. The van der Waals surface area contributed by atoms with E-state index in [4.69, 9.17) is 8.94 Å². The van der Waals surface area contributed by atoms with Gasteiger partial charge in [0.2, 0.25) is 5.91 Å². The van der Waals surface area contributed by atoms with Gasteiger partial charge in [-0.2, -0.15) is 0 Å². The van der Waals surface area contributed by atoms with E-state index in [1.165, 1.54) is 48.7 Å². The average Bonchev–Trinajstić information content (AvgIpc) is 3.25. The van der Waals surface area contributed by atoms with Crippen LogP contribution >= 0.6 is 0 Å². The highest BCUT2D eigenvalue weighted by Gasteiger charge is 2.16. The summed E-state index contributed by atoms with van der Waals surface area (Å²) in [5, 5.41) is 6.21. The van der Waals surface area contributed by atoms with Crippen LogP contribution in [0.2, 0.25) is 0 Å². The molecule has 0 spiro atoms. The molecule has 0 saturated heterocycles. The number of carbonyl (C=O) groups excluding carboxylic acids is 1. The molecular weight excluding hydrogens is 358 g/mol. The van der Waals surface area contributed by atoms with Crippen molar-refractivity contribution in [2.75, 3.05) is 10.0 Å². The number of nitrogens with one attached hydrogen (secondary N) is 2. The van der Waals surface area contributed by atoms with E-state index in [2.05, 4.69) is 15.2 Å². The van der Waals surface area contributed by atoms with Crippen LogP contribution in [0.15, 0.2) is 68.6 Å². The van der Waals surface area contributed by atoms with Gasteiger partial charge in [-0.15, -0.1) is 0 Å². The van der Waals surface area contributed by atoms with Gasteiger partial charge in [0.1, 0.15) is 11.5 Å². The van der Waals surface area contributed by atoms with Crippen LogP contribution in [0.25, 0.3) is 6.08 Å². The molecule has 8 nitrogen and oxygen atoms in total. The largest absolute Gasteiger partial charge is 0.465 e. The Morgan fingerprint density at radius 1 is 1.19 bits per heavy atom. The number of benzene rings is 1. The zero-order valence-corrected chi connectivity index (χ0v) is 14.5. The molecule has 1 aromatic carbocycles. The molecule has 3 aromatic rings. The number of carbonyl (C=O) groups is 1. The number of aryl methyl sites for hydroxylation is 1. The minimum Gasteiger partial charge on any atom is -0.465 e. The van der Waals surface area contributed by atoms with Crippen LogP contribution < -0.4 is 10.0 Å². The highest BCUT2D eigenvalue weighted by Crippen LogP contribution is 2.18. The summed E-state index contributed by atoms with van der Waals surface area (Å²) in [5.41, 5.74) is 0.454. The Morgan fingerprint density at radius 3 is 2.58 bits per heavy atom. The lowest BCUT2D eigenvalue weighted by Crippen LogP contribution is -2.13. The molecule has 0 unspecified atom stereocenters. The Morgan fingerprint density at radius 2 is 1.96 bits per heavy atom. The molecule has 2 heterocycles. The van der Waals surface area contributed by atoms with Crippen LogP contribution in [0.3, 0.4) is 0 Å². The van der Waals surface area contributed by atoms with Gasteiger partial charge in [-0.25, -0.2) is 8.42 Å². The van der Waals surface area contributed by atoms with Gasteiger partial charge >= 0.3 is 0 Å². The molecule has 0 saturated carbocycles. The number of hydrogen-bond acceptors (Lipinski definition) is 6. The van der Waals surface area contributed by atoms with Crippen molar-refractivity contribution in [3.63, 3.8) is 0 Å². The number of nitrogens with zero attached hydrogens (tertiary/aromatic N) is 1. The van der Waals surface area contributed by atoms with E-state index < -0.39 is 10.0 Å². The van der Waals surface area contributed by atoms with Crippen LogP contribution in [-0.2, 0) is 14.8 Å². The van der Waals surface area contributed by atoms with Gasteiger partial charge in [0, 0.05) is 17.8 Å². The molecule has 0 aliphatic carbocycles. The summed E-state index contributed by atoms with van der Waals surface area (Å²) < 4.78 is 36.8. The standard InChI is InChI=1S/C17H15N3O5S/c1-12-11-16(19-25-12)20-26(22,23)15-7-4-13(5-8-15)18-17(21)9-6-14-3-2-10-24-14/h2-11H,1H3,(H,18,21)(H,19,20). The summed E-state index contributed by atoms with van der Waals surface area (Å²) in [4.78, 5) is 11.9. The van der Waals surface area contributed by atoms with Gasteiger partial charge in [0.05, 0.1) is 11.2 Å². The second-order valence-electron chi connectivity index (χ2n) is 5.29. The van der Waals surface area contributed by atoms with Gasteiger partial charge in [0.25, 0.3) is 10.0 Å². The Hall–Kier alpha value is -3.33. The predicted molar refractivity (Wildman–Crippen MR) is 94.9 cm³/mol. The fourth-order valence-corrected chi connectivity index (χ4v) is 3.04. The van der Waals surface area contributed by atoms with Crippen molar-refractivity contribution in [1.29, 1.82) is 0 Å². The second-order valence-corrected chi connectivity index (χ2v) is 6.97. The topological polar surface area (TPSA) is 114 Å². The molecule has 9 heteroatoms. The summed E-state index contributed by atoms with van der Waals surface area (Å²) in [7, 11) is -3.80. The van der Waals surface area contributed by atoms with Crippen molar-refractivity contribution >= 4 is 33.5 Å². The Kier molecular flexibility index (Phi) is 4.90. The predicted octanol–water partition coefficient (Wildman–Crippen LogP) is 3.03. The van der Waals surface area contributed by atoms with Crippen LogP contribution in [-0.4, -0.2) is 19.5 Å². The molecule has 1 amide bonds. The number of amides is 1. The quantitative estimate of drug-likeness (QED) is 0.642. The van der Waals surface area contributed by atoms with Gasteiger partial charge in [0.15, 0.2) is 5.82 Å². The number of aromatic nitrogens is 1. The van der Waals surface area contributed by atoms with Crippen molar-refractivity contribution in [2.45, 2.75) is 11.8 Å². The average molecular weight is 373 g/mol. The van der Waals surface area contributed by atoms with Gasteiger partial charge in [-0.3, -0.25) is 9.52 Å². The lowest BCUT2D eigenvalue weighted by molar-refractivity contribution is -0.111. The molecule has 0 atom stereocenters. The van der Waals surface area contributed by atoms with E-state index in [0.717, 1.165) is 0 Å². The van der Waals surface area contributed by atoms with Gasteiger partial charge in [-0.05, 0) is 49.4 Å². The molecule has 0 aliphatic heterocycles. The molecule has 3 rings (SSSR count). The van der Waals surface area contributed by atoms with E-state index in [-0.39, 0.29) is 16.6 Å². The van der Waals surface area contributed by atoms with Crippen molar-refractivity contribution in [1.82, 2.24) is 5.16 Å². The van der Waals surface area contributed by atoms with Gasteiger partial charge < -0.3 is 14.3 Å². The molecule has 2 aromatic heterocycles. The molecule has 0 radical (unpaired) electrons. The van der Waals surface area contributed by atoms with Gasteiger partial charge in [-0.1, -0.05) is 5.16 Å². The third-order valence-electron chi connectivity index (χ3n) is 3.24. The van der Waals surface area contributed by atoms with E-state index in [9.17, 15) is 13.2 Å². The lowest BCUT2D eigenvalue weighted by Gasteiger charge is -2.06. The molecule has 26 heavy (non-hydrogen) atoms. The highest BCUT2D eigenvalue weighted by molar-refractivity contribution is 7.92. The Bertz CT molecular complexity index is 1020. The maximum absolute atomic E-state index is 12.3. The minimum atomic E-state index is -3.80. The van der Waals surface area contributed by atoms with Crippen molar-refractivity contribution < 1.29 is 22.2 Å². The number of rotatable bonds is 6. The van der Waals surface area contributed by atoms with E-state index in [0.29, 0.717) is 17.2 Å². The summed E-state index contributed by atoms with van der Waals surface area (Å²) in [6.07, 6.45) is 4.35. The van der Waals surface area contributed by atoms with Crippen molar-refractivity contribution in [3.8, 4) is 0 Å². The molecule has 134 valence electrons. The summed E-state index contributed by atoms with van der Waals surface area (Å²) in [5.74, 6) is 0.773. The molecule has 0 fully saturated rings. The van der Waals surface area contributed by atoms with Crippen LogP contribution in [0.1, 0.15) is 11.5 Å². The number of sulfonamides is 1. The molecular formula is C17H15N3O5S. The second kappa shape index (κ2) is 7.28. The zero-order chi connectivity index (χ0) is 18.6. The first-order chi connectivity index (χ1) is 12.4. The number of anilines is 2. The smallest absolute Gasteiger partial charge is 0.263 e. The highest BCUT2D eigenvalue weighted by atomic mass is 32.2. The van der Waals surface area contributed by atoms with E-state index >= 15 is 0 Å². The van der Waals surface area contributed by atoms with Crippen LogP contribution in [0.4, 0.5) is 11.5 Å². The van der Waals surface area contributed by atoms with Crippen molar-refractivity contribution in [2.24, 2.45) is 0 Å². The van der Waals surface area contributed by atoms with Crippen molar-refractivity contribution in [3.05, 3.63) is 66.3 Å². The Labute approximate surface area is 149 Å². The molecule has 2 N–H and O–H groups in total. The summed E-state index contributed by atoms with van der Waals surface area (Å²) in [6.45, 7) is 1.66. The lowest BCUT2D eigenvalue weighted by atomic mass is 10.3. The zero-order valence-electron chi connectivity index (χ0n) is 13.7. The maximum atomic E-state index is 12.3. The summed E-state index contributed by atoms with van der Waals surface area (Å²) in [6, 6.07) is 10.6. The minimum absolute atomic E-state index is 0.0299. The first-order valence-electron chi connectivity index (χ1n) is 7.51. The summed E-state index contributed by atoms with van der Waals surface area (Å²) >= 11 is 0. The normalized spacial score (nSPS) is 11.6. The monoisotopic (exact) mass is 373 g/mol. The maximum Gasteiger partial charge on any atom is 0.263 e. The van der Waals surface area contributed by atoms with Crippen LogP contribution in [0.5, 0.6) is 0 Å². The van der Waals surface area contributed by atoms with Crippen LogP contribution in [0, 0.1) is 6.92 Å². The molecule has 0 aliphatic rings. The number of hydrogen-bond donors (Lipinski definition) is 2. The Balaban J connectivity index is 1.65. The third-order valence-corrected chi connectivity index (χ3v) is 4.61. The van der Waals surface area contributed by atoms with E-state index in [1.807, 2.05) is 0 Å². The first kappa shape index (κ1) is 17.5. The third kappa shape index (κ3) is 4.39.